The minimum absolute atomic E-state index is 0.141. The first-order valence-electron chi connectivity index (χ1n) is 7.75. The largest absolute Gasteiger partial charge is 0.337 e. The van der Waals surface area contributed by atoms with Gasteiger partial charge in [-0.1, -0.05) is 43.7 Å². The molecule has 0 aliphatic carbocycles. The lowest BCUT2D eigenvalue weighted by Gasteiger charge is -2.26. The van der Waals surface area contributed by atoms with Gasteiger partial charge >= 0.3 is 6.03 Å². The van der Waals surface area contributed by atoms with Gasteiger partial charge in [0.1, 0.15) is 6.33 Å². The van der Waals surface area contributed by atoms with Crippen molar-refractivity contribution in [2.45, 2.75) is 39.2 Å². The Hall–Kier alpha value is -2.37. The highest BCUT2D eigenvalue weighted by molar-refractivity contribution is 5.74. The van der Waals surface area contributed by atoms with Crippen molar-refractivity contribution in [1.29, 1.82) is 0 Å². The highest BCUT2D eigenvalue weighted by atomic mass is 16.2. The molecule has 1 heterocycles. The monoisotopic (exact) mass is 315 g/mol. The summed E-state index contributed by atoms with van der Waals surface area (Å²) in [5.74, 6) is 0.720. The molecule has 1 unspecified atom stereocenters. The molecule has 2 rings (SSSR count). The number of carbonyl (C=O) groups excluding carboxylic acids is 1. The van der Waals surface area contributed by atoms with Gasteiger partial charge < -0.3 is 15.2 Å². The molecular formula is C17H25N5O. The molecule has 6 nitrogen and oxygen atoms in total. The quantitative estimate of drug-likeness (QED) is 0.890. The number of amides is 2. The number of carbonyl (C=O) groups is 1. The summed E-state index contributed by atoms with van der Waals surface area (Å²) in [6, 6.07) is 7.95. The number of urea groups is 1. The highest BCUT2D eigenvalue weighted by Crippen LogP contribution is 2.23. The van der Waals surface area contributed by atoms with E-state index in [0.717, 1.165) is 5.82 Å². The van der Waals surface area contributed by atoms with Crippen LogP contribution in [0.2, 0.25) is 0 Å². The van der Waals surface area contributed by atoms with Crippen LogP contribution in [0, 0.1) is 6.92 Å². The van der Waals surface area contributed by atoms with Gasteiger partial charge in [-0.3, -0.25) is 0 Å². The van der Waals surface area contributed by atoms with E-state index in [1.54, 1.807) is 10.9 Å². The number of aromatic nitrogens is 3. The minimum Gasteiger partial charge on any atom is -0.337 e. The molecular weight excluding hydrogens is 290 g/mol. The summed E-state index contributed by atoms with van der Waals surface area (Å²) in [5, 5.41) is 13.7. The van der Waals surface area contributed by atoms with Gasteiger partial charge in [-0.25, -0.2) is 4.79 Å². The molecule has 2 N–H and O–H groups in total. The smallest absolute Gasteiger partial charge is 0.315 e. The first kappa shape index (κ1) is 17.0. The van der Waals surface area contributed by atoms with Crippen LogP contribution < -0.4 is 10.6 Å². The lowest BCUT2D eigenvalue weighted by Crippen LogP contribution is -2.43. The number of hydrogen-bond donors (Lipinski definition) is 2. The Morgan fingerprint density at radius 2 is 2.13 bits per heavy atom. The Bertz CT molecular complexity index is 677. The molecule has 0 aliphatic heterocycles. The van der Waals surface area contributed by atoms with Gasteiger partial charge in [0.15, 0.2) is 5.82 Å². The first-order chi connectivity index (χ1) is 10.8. The topological polar surface area (TPSA) is 71.8 Å². The maximum absolute atomic E-state index is 12.1. The molecule has 6 heteroatoms. The van der Waals surface area contributed by atoms with E-state index in [1.807, 2.05) is 20.0 Å². The lowest BCUT2D eigenvalue weighted by atomic mass is 9.84. The molecule has 0 aliphatic rings. The fourth-order valence-corrected chi connectivity index (χ4v) is 2.47. The molecule has 1 aromatic heterocycles. The molecule has 0 saturated heterocycles. The molecule has 0 bridgehead atoms. The van der Waals surface area contributed by atoms with Crippen LogP contribution in [0.3, 0.4) is 0 Å². The third-order valence-electron chi connectivity index (χ3n) is 3.97. The van der Waals surface area contributed by atoms with Gasteiger partial charge in [0.05, 0.1) is 6.04 Å². The Morgan fingerprint density at radius 3 is 2.74 bits per heavy atom. The second-order valence-electron chi connectivity index (χ2n) is 6.60. The molecule has 2 aromatic rings. The van der Waals surface area contributed by atoms with E-state index in [2.05, 4.69) is 59.8 Å². The Balaban J connectivity index is 1.92. The fourth-order valence-electron chi connectivity index (χ4n) is 2.47. The summed E-state index contributed by atoms with van der Waals surface area (Å²) in [7, 11) is 1.85. The van der Waals surface area contributed by atoms with Crippen LogP contribution in [0.25, 0.3) is 0 Å². The van der Waals surface area contributed by atoms with Gasteiger partial charge in [0, 0.05) is 19.0 Å². The standard InChI is InChI=1S/C17H25N5O/c1-12-7-6-8-14(9-12)17(3,4)10-18-16(23)20-13(2)15-21-19-11-22(15)5/h6-9,11,13H,10H2,1-5H3,(H2,18,20,23). The zero-order chi connectivity index (χ0) is 17.0. The average molecular weight is 315 g/mol. The van der Waals surface area contributed by atoms with Crippen molar-refractivity contribution in [2.75, 3.05) is 6.54 Å². The zero-order valence-electron chi connectivity index (χ0n) is 14.4. The molecule has 23 heavy (non-hydrogen) atoms. The van der Waals surface area contributed by atoms with Crippen LogP contribution in [0.4, 0.5) is 4.79 Å². The summed E-state index contributed by atoms with van der Waals surface area (Å²) in [5.41, 5.74) is 2.28. The number of hydrogen-bond acceptors (Lipinski definition) is 3. The van der Waals surface area contributed by atoms with Crippen molar-refractivity contribution >= 4 is 6.03 Å². The molecule has 0 spiro atoms. The van der Waals surface area contributed by atoms with E-state index in [9.17, 15) is 4.79 Å². The van der Waals surface area contributed by atoms with Gasteiger partial charge in [-0.15, -0.1) is 10.2 Å². The van der Waals surface area contributed by atoms with Crippen molar-refractivity contribution in [1.82, 2.24) is 25.4 Å². The van der Waals surface area contributed by atoms with Crippen molar-refractivity contribution in [2.24, 2.45) is 7.05 Å². The summed E-state index contributed by atoms with van der Waals surface area (Å²) < 4.78 is 1.79. The van der Waals surface area contributed by atoms with Crippen LogP contribution in [0.5, 0.6) is 0 Å². The van der Waals surface area contributed by atoms with Crippen LogP contribution in [0.15, 0.2) is 30.6 Å². The average Bonchev–Trinajstić information content (AvgIpc) is 2.91. The number of nitrogens with zero attached hydrogens (tertiary/aromatic N) is 3. The van der Waals surface area contributed by atoms with Crippen molar-refractivity contribution < 1.29 is 4.79 Å². The van der Waals surface area contributed by atoms with E-state index in [0.29, 0.717) is 6.54 Å². The van der Waals surface area contributed by atoms with Crippen LogP contribution in [-0.2, 0) is 12.5 Å². The SMILES string of the molecule is Cc1cccc(C(C)(C)CNC(=O)NC(C)c2nncn2C)c1. The Morgan fingerprint density at radius 1 is 1.39 bits per heavy atom. The van der Waals surface area contributed by atoms with E-state index < -0.39 is 0 Å². The number of aryl methyl sites for hydroxylation is 2. The van der Waals surface area contributed by atoms with Crippen molar-refractivity contribution in [3.63, 3.8) is 0 Å². The summed E-state index contributed by atoms with van der Waals surface area (Å²) in [6.45, 7) is 8.74. The van der Waals surface area contributed by atoms with E-state index in [4.69, 9.17) is 0 Å². The third-order valence-corrected chi connectivity index (χ3v) is 3.97. The number of nitrogens with one attached hydrogen (secondary N) is 2. The van der Waals surface area contributed by atoms with Gasteiger partial charge in [-0.2, -0.15) is 0 Å². The lowest BCUT2D eigenvalue weighted by molar-refractivity contribution is 0.234. The van der Waals surface area contributed by atoms with Crippen LogP contribution >= 0.6 is 0 Å². The second kappa shape index (κ2) is 6.81. The van der Waals surface area contributed by atoms with E-state index >= 15 is 0 Å². The molecule has 0 saturated carbocycles. The molecule has 1 atom stereocenters. The summed E-state index contributed by atoms with van der Waals surface area (Å²) in [6.07, 6.45) is 1.62. The first-order valence-corrected chi connectivity index (χ1v) is 7.75. The molecule has 2 amide bonds. The normalized spacial score (nSPS) is 12.7. The van der Waals surface area contributed by atoms with Crippen molar-refractivity contribution in [3.05, 3.63) is 47.5 Å². The molecule has 1 aromatic carbocycles. The zero-order valence-corrected chi connectivity index (χ0v) is 14.4. The Labute approximate surface area is 137 Å². The predicted octanol–water partition coefficient (Wildman–Crippen LogP) is 2.46. The summed E-state index contributed by atoms with van der Waals surface area (Å²) >= 11 is 0. The van der Waals surface area contributed by atoms with Crippen LogP contribution in [0.1, 0.15) is 43.8 Å². The molecule has 0 radical (unpaired) electrons. The predicted molar refractivity (Wildman–Crippen MR) is 90.2 cm³/mol. The van der Waals surface area contributed by atoms with Crippen LogP contribution in [-0.4, -0.2) is 27.3 Å². The summed E-state index contributed by atoms with van der Waals surface area (Å²) in [4.78, 5) is 12.1. The van der Waals surface area contributed by atoms with Gasteiger partial charge in [-0.05, 0) is 19.4 Å². The highest BCUT2D eigenvalue weighted by Gasteiger charge is 2.22. The maximum atomic E-state index is 12.1. The van der Waals surface area contributed by atoms with E-state index in [1.165, 1.54) is 11.1 Å². The number of rotatable bonds is 5. The maximum Gasteiger partial charge on any atom is 0.315 e. The molecule has 124 valence electrons. The second-order valence-corrected chi connectivity index (χ2v) is 6.60. The fraction of sp³-hybridized carbons (Fsp3) is 0.471. The van der Waals surface area contributed by atoms with Gasteiger partial charge in [0.2, 0.25) is 0 Å². The Kier molecular flexibility index (Phi) is 5.03. The number of benzene rings is 1. The third kappa shape index (κ3) is 4.31. The molecule has 0 fully saturated rings. The van der Waals surface area contributed by atoms with E-state index in [-0.39, 0.29) is 17.5 Å². The minimum atomic E-state index is -0.207. The van der Waals surface area contributed by atoms with Gasteiger partial charge in [0.25, 0.3) is 0 Å². The van der Waals surface area contributed by atoms with Crippen molar-refractivity contribution in [3.8, 4) is 0 Å².